The van der Waals surface area contributed by atoms with E-state index in [2.05, 4.69) is 23.9 Å². The van der Waals surface area contributed by atoms with Crippen molar-refractivity contribution < 1.29 is 8.42 Å². The van der Waals surface area contributed by atoms with Gasteiger partial charge in [0, 0.05) is 22.3 Å². The van der Waals surface area contributed by atoms with Crippen LogP contribution in [-0.4, -0.2) is 21.0 Å². The van der Waals surface area contributed by atoms with Gasteiger partial charge in [0.25, 0.3) is 0 Å². The summed E-state index contributed by atoms with van der Waals surface area (Å²) in [5.74, 6) is 0.589. The molecule has 0 radical (unpaired) electrons. The summed E-state index contributed by atoms with van der Waals surface area (Å²) >= 11 is 1.54. The maximum atomic E-state index is 12.5. The van der Waals surface area contributed by atoms with Crippen molar-refractivity contribution in [3.63, 3.8) is 0 Å². The van der Waals surface area contributed by atoms with Crippen LogP contribution >= 0.6 is 11.3 Å². The van der Waals surface area contributed by atoms with Crippen molar-refractivity contribution in [3.8, 4) is 0 Å². The molecule has 1 rings (SSSR count). The van der Waals surface area contributed by atoms with Gasteiger partial charge in [-0.1, -0.05) is 20.8 Å². The van der Waals surface area contributed by atoms with E-state index < -0.39 is 10.0 Å². The van der Waals surface area contributed by atoms with Crippen LogP contribution in [0.3, 0.4) is 0 Å². The van der Waals surface area contributed by atoms with Crippen molar-refractivity contribution in [2.24, 2.45) is 5.92 Å². The molecule has 0 aliphatic rings. The van der Waals surface area contributed by atoms with Gasteiger partial charge >= 0.3 is 0 Å². The fourth-order valence-corrected chi connectivity index (χ4v) is 4.98. The lowest BCUT2D eigenvalue weighted by Crippen LogP contribution is -2.32. The van der Waals surface area contributed by atoms with Gasteiger partial charge < -0.3 is 5.32 Å². The van der Waals surface area contributed by atoms with Gasteiger partial charge in [-0.3, -0.25) is 0 Å². The monoisotopic (exact) mass is 332 g/mol. The van der Waals surface area contributed by atoms with Crippen molar-refractivity contribution in [2.45, 2.75) is 64.9 Å². The first-order chi connectivity index (χ1) is 9.76. The van der Waals surface area contributed by atoms with Crippen LogP contribution < -0.4 is 10.0 Å². The Kier molecular flexibility index (Phi) is 7.33. The summed E-state index contributed by atoms with van der Waals surface area (Å²) in [5, 5.41) is 3.23. The maximum Gasteiger partial charge on any atom is 0.241 e. The molecule has 122 valence electrons. The first-order valence-electron chi connectivity index (χ1n) is 7.58. The third kappa shape index (κ3) is 6.06. The summed E-state index contributed by atoms with van der Waals surface area (Å²) in [6.07, 6.45) is 1.89. The SMILES string of the molecule is CCNCc1cc(S(=O)(=O)NC(C)CCC(C)C)c(C)s1. The van der Waals surface area contributed by atoms with Gasteiger partial charge in [0.2, 0.25) is 10.0 Å². The van der Waals surface area contributed by atoms with E-state index in [-0.39, 0.29) is 6.04 Å². The van der Waals surface area contributed by atoms with E-state index in [1.165, 1.54) is 0 Å². The fourth-order valence-electron chi connectivity index (χ4n) is 2.10. The fraction of sp³-hybridized carbons (Fsp3) is 0.733. The second-order valence-electron chi connectivity index (χ2n) is 5.91. The van der Waals surface area contributed by atoms with Crippen molar-refractivity contribution in [1.82, 2.24) is 10.0 Å². The first-order valence-corrected chi connectivity index (χ1v) is 9.88. The number of nitrogens with one attached hydrogen (secondary N) is 2. The van der Waals surface area contributed by atoms with Gasteiger partial charge in [-0.25, -0.2) is 13.1 Å². The standard InChI is InChI=1S/C15H28N2O2S2/c1-6-16-10-14-9-15(13(5)20-14)21(18,19)17-12(4)8-7-11(2)3/h9,11-12,16-17H,6-8,10H2,1-5H3. The van der Waals surface area contributed by atoms with E-state index >= 15 is 0 Å². The molecule has 2 N–H and O–H groups in total. The number of hydrogen-bond donors (Lipinski definition) is 2. The Morgan fingerprint density at radius 2 is 1.90 bits per heavy atom. The van der Waals surface area contributed by atoms with Gasteiger partial charge in [-0.15, -0.1) is 11.3 Å². The summed E-state index contributed by atoms with van der Waals surface area (Å²) in [7, 11) is -3.41. The Bertz CT molecular complexity index is 536. The van der Waals surface area contributed by atoms with Crippen LogP contribution in [0.1, 0.15) is 50.3 Å². The van der Waals surface area contributed by atoms with E-state index in [1.54, 1.807) is 17.4 Å². The Morgan fingerprint density at radius 3 is 2.48 bits per heavy atom. The summed E-state index contributed by atoms with van der Waals surface area (Å²) in [4.78, 5) is 2.34. The van der Waals surface area contributed by atoms with E-state index in [0.717, 1.165) is 35.7 Å². The van der Waals surface area contributed by atoms with Crippen LogP contribution in [0.25, 0.3) is 0 Å². The van der Waals surface area contributed by atoms with Crippen molar-refractivity contribution in [2.75, 3.05) is 6.54 Å². The van der Waals surface area contributed by atoms with Crippen LogP contribution in [0.4, 0.5) is 0 Å². The average molecular weight is 333 g/mol. The van der Waals surface area contributed by atoms with Crippen LogP contribution in [-0.2, 0) is 16.6 Å². The summed E-state index contributed by atoms with van der Waals surface area (Å²) in [6.45, 7) is 11.7. The Hall–Kier alpha value is -0.430. The topological polar surface area (TPSA) is 58.2 Å². The maximum absolute atomic E-state index is 12.5. The average Bonchev–Trinajstić information content (AvgIpc) is 2.75. The van der Waals surface area contributed by atoms with E-state index in [9.17, 15) is 8.42 Å². The molecule has 0 fully saturated rings. The van der Waals surface area contributed by atoms with Gasteiger partial charge in [0.1, 0.15) is 0 Å². The van der Waals surface area contributed by atoms with Crippen LogP contribution in [0, 0.1) is 12.8 Å². The number of rotatable bonds is 9. The lowest BCUT2D eigenvalue weighted by molar-refractivity contribution is 0.485. The zero-order valence-corrected chi connectivity index (χ0v) is 15.3. The lowest BCUT2D eigenvalue weighted by atomic mass is 10.1. The summed E-state index contributed by atoms with van der Waals surface area (Å²) in [6, 6.07) is 1.76. The number of sulfonamides is 1. The quantitative estimate of drug-likeness (QED) is 0.730. The second-order valence-corrected chi connectivity index (χ2v) is 8.93. The first kappa shape index (κ1) is 18.6. The number of hydrogen-bond acceptors (Lipinski definition) is 4. The van der Waals surface area contributed by atoms with Crippen LogP contribution in [0.2, 0.25) is 0 Å². The molecule has 0 saturated carbocycles. The summed E-state index contributed by atoms with van der Waals surface area (Å²) in [5.41, 5.74) is 0. The normalized spacial score (nSPS) is 13.8. The predicted octanol–water partition coefficient (Wildman–Crippen LogP) is 3.27. The van der Waals surface area contributed by atoms with E-state index in [1.807, 2.05) is 20.8 Å². The Balaban J connectivity index is 2.75. The van der Waals surface area contributed by atoms with Gasteiger partial charge in [0.05, 0.1) is 4.90 Å². The molecule has 1 aromatic heterocycles. The molecule has 0 bridgehead atoms. The van der Waals surface area contributed by atoms with Gasteiger partial charge in [-0.05, 0) is 45.2 Å². The number of aryl methyl sites for hydroxylation is 1. The molecule has 1 unspecified atom stereocenters. The highest BCUT2D eigenvalue weighted by Gasteiger charge is 2.22. The highest BCUT2D eigenvalue weighted by Crippen LogP contribution is 2.26. The van der Waals surface area contributed by atoms with Crippen molar-refractivity contribution in [3.05, 3.63) is 15.8 Å². The molecule has 0 amide bonds. The Morgan fingerprint density at radius 1 is 1.24 bits per heavy atom. The molecule has 0 aliphatic carbocycles. The predicted molar refractivity (Wildman–Crippen MR) is 90.3 cm³/mol. The van der Waals surface area contributed by atoms with E-state index in [4.69, 9.17) is 0 Å². The molecule has 6 heteroatoms. The highest BCUT2D eigenvalue weighted by molar-refractivity contribution is 7.89. The van der Waals surface area contributed by atoms with Gasteiger partial charge in [-0.2, -0.15) is 0 Å². The molecular weight excluding hydrogens is 304 g/mol. The zero-order valence-electron chi connectivity index (χ0n) is 13.7. The zero-order chi connectivity index (χ0) is 16.0. The molecule has 0 saturated heterocycles. The summed E-state index contributed by atoms with van der Waals surface area (Å²) < 4.78 is 27.7. The molecule has 1 heterocycles. The van der Waals surface area contributed by atoms with E-state index in [0.29, 0.717) is 10.8 Å². The lowest BCUT2D eigenvalue weighted by Gasteiger charge is -2.15. The third-order valence-corrected chi connectivity index (χ3v) is 6.19. The highest BCUT2D eigenvalue weighted by atomic mass is 32.2. The van der Waals surface area contributed by atoms with Gasteiger partial charge in [0.15, 0.2) is 0 Å². The third-order valence-electron chi connectivity index (χ3n) is 3.30. The van der Waals surface area contributed by atoms with Crippen molar-refractivity contribution in [1.29, 1.82) is 0 Å². The molecule has 21 heavy (non-hydrogen) atoms. The smallest absolute Gasteiger partial charge is 0.241 e. The molecule has 0 aromatic carbocycles. The minimum absolute atomic E-state index is 0.0334. The molecular formula is C15H28N2O2S2. The Labute approximate surface area is 133 Å². The van der Waals surface area contributed by atoms with Crippen LogP contribution in [0.5, 0.6) is 0 Å². The molecule has 1 atom stereocenters. The van der Waals surface area contributed by atoms with Crippen molar-refractivity contribution >= 4 is 21.4 Å². The minimum Gasteiger partial charge on any atom is -0.312 e. The molecule has 0 spiro atoms. The van der Waals surface area contributed by atoms with Crippen LogP contribution in [0.15, 0.2) is 11.0 Å². The minimum atomic E-state index is -3.41. The largest absolute Gasteiger partial charge is 0.312 e. The molecule has 0 aliphatic heterocycles. The second kappa shape index (κ2) is 8.27. The number of thiophene rings is 1. The molecule has 4 nitrogen and oxygen atoms in total. The molecule has 1 aromatic rings.